The molecule has 3 nitrogen and oxygen atoms in total. The van der Waals surface area contributed by atoms with E-state index in [9.17, 15) is 0 Å². The lowest BCUT2D eigenvalue weighted by Crippen LogP contribution is -2.31. The molecule has 252 valence electrons. The number of fused-ring (bicyclic) bond motifs is 10. The van der Waals surface area contributed by atoms with Gasteiger partial charge in [-0.25, -0.2) is 15.0 Å². The number of hydrogen-bond donors (Lipinski definition) is 0. The summed E-state index contributed by atoms with van der Waals surface area (Å²) < 4.78 is 0. The minimum Gasteiger partial charge on any atom is -0.208 e. The second kappa shape index (κ2) is 12.2. The van der Waals surface area contributed by atoms with Crippen LogP contribution in [0, 0.1) is 0 Å². The van der Waals surface area contributed by atoms with E-state index in [4.69, 9.17) is 15.0 Å². The smallest absolute Gasteiger partial charge is 0.164 e. The number of aromatic nitrogens is 3. The van der Waals surface area contributed by atoms with E-state index in [1.165, 1.54) is 53.9 Å². The van der Waals surface area contributed by atoms with Crippen LogP contribution in [0.5, 0.6) is 0 Å². The van der Waals surface area contributed by atoms with Crippen molar-refractivity contribution in [2.75, 3.05) is 0 Å². The van der Waals surface area contributed by atoms with E-state index in [0.717, 1.165) is 27.8 Å². The van der Waals surface area contributed by atoms with Gasteiger partial charge in [-0.15, -0.1) is 0 Å². The Morgan fingerprint density at radius 2 is 0.833 bits per heavy atom. The molecule has 0 atom stereocenters. The van der Waals surface area contributed by atoms with Crippen molar-refractivity contribution in [3.8, 4) is 56.4 Å². The zero-order valence-corrected chi connectivity index (χ0v) is 30.0. The van der Waals surface area contributed by atoms with Crippen LogP contribution in [0.15, 0.2) is 198 Å². The fraction of sp³-hybridized carbons (Fsp3) is 0.0200. The molecule has 0 radical (unpaired) electrons. The van der Waals surface area contributed by atoms with Gasteiger partial charge in [-0.05, 0) is 85.6 Å². The van der Waals surface area contributed by atoms with Crippen molar-refractivity contribution < 1.29 is 0 Å². The van der Waals surface area contributed by atoms with Crippen LogP contribution in [0.1, 0.15) is 22.3 Å². The van der Waals surface area contributed by atoms with Crippen LogP contribution in [0.3, 0.4) is 0 Å². The van der Waals surface area contributed by atoms with Crippen molar-refractivity contribution in [1.82, 2.24) is 15.0 Å². The van der Waals surface area contributed by atoms with Crippen molar-refractivity contribution in [3.63, 3.8) is 0 Å². The maximum atomic E-state index is 5.25. The third kappa shape index (κ3) is 4.74. The quantitative estimate of drug-likeness (QED) is 0.183. The molecule has 4 heteroatoms. The van der Waals surface area contributed by atoms with E-state index in [1.54, 1.807) is 0 Å². The lowest BCUT2D eigenvalue weighted by molar-refractivity contribution is 0.722. The molecule has 0 bridgehead atoms. The van der Waals surface area contributed by atoms with Gasteiger partial charge in [0, 0.05) is 26.5 Å². The first-order valence-electron chi connectivity index (χ1n) is 18.3. The Morgan fingerprint density at radius 1 is 0.315 bits per heavy atom. The lowest BCUT2D eigenvalue weighted by atomic mass is 9.67. The fourth-order valence-electron chi connectivity index (χ4n) is 8.55. The number of benzene rings is 8. The van der Waals surface area contributed by atoms with E-state index in [0.29, 0.717) is 17.5 Å². The first-order valence-corrected chi connectivity index (χ1v) is 19.1. The predicted molar refractivity (Wildman–Crippen MR) is 221 cm³/mol. The molecule has 11 rings (SSSR count). The first-order chi connectivity index (χ1) is 26.7. The highest BCUT2D eigenvalue weighted by Gasteiger charge is 2.50. The zero-order chi connectivity index (χ0) is 35.6. The van der Waals surface area contributed by atoms with Gasteiger partial charge in [-0.2, -0.15) is 0 Å². The van der Waals surface area contributed by atoms with Crippen molar-refractivity contribution in [2.45, 2.75) is 15.2 Å². The Kier molecular flexibility index (Phi) is 7.01. The number of hydrogen-bond acceptors (Lipinski definition) is 4. The third-order valence-electron chi connectivity index (χ3n) is 11.0. The summed E-state index contributed by atoms with van der Waals surface area (Å²) in [5.41, 5.74) is 12.3. The van der Waals surface area contributed by atoms with Gasteiger partial charge >= 0.3 is 0 Å². The van der Waals surface area contributed by atoms with Gasteiger partial charge in [0.1, 0.15) is 0 Å². The SMILES string of the molecule is c1ccc(-c2nc(-c3cccc(-c4ccc5ccccc5c4)c3)nc(-c3ccc4c(c3)C3(c5ccccc5Sc5ccccc53)c3ccccc3-4)n2)cc1. The minimum absolute atomic E-state index is 0.479. The van der Waals surface area contributed by atoms with E-state index in [-0.39, 0.29) is 0 Å². The van der Waals surface area contributed by atoms with Gasteiger partial charge in [0.15, 0.2) is 17.5 Å². The molecule has 1 aliphatic carbocycles. The average Bonchev–Trinajstić information content (AvgIpc) is 3.53. The molecule has 0 unspecified atom stereocenters. The highest BCUT2D eigenvalue weighted by Crippen LogP contribution is 2.62. The van der Waals surface area contributed by atoms with Gasteiger partial charge in [-0.1, -0.05) is 169 Å². The molecule has 0 amide bonds. The minimum atomic E-state index is -0.479. The summed E-state index contributed by atoms with van der Waals surface area (Å²) in [6.07, 6.45) is 0. The molecule has 8 aromatic carbocycles. The molecule has 0 saturated carbocycles. The third-order valence-corrected chi connectivity index (χ3v) is 12.1. The second-order valence-electron chi connectivity index (χ2n) is 14.0. The Morgan fingerprint density at radius 3 is 1.59 bits per heavy atom. The summed E-state index contributed by atoms with van der Waals surface area (Å²) in [5.74, 6) is 1.94. The number of nitrogens with zero attached hydrogens (tertiary/aromatic N) is 3. The highest BCUT2D eigenvalue weighted by molar-refractivity contribution is 7.99. The maximum absolute atomic E-state index is 5.25. The van der Waals surface area contributed by atoms with E-state index >= 15 is 0 Å². The molecule has 1 spiro atoms. The Hall–Kier alpha value is -6.62. The molecule has 1 aliphatic heterocycles. The standard InChI is InChI=1S/C50H31N3S/c1-2-14-33(15-3-1)47-51-48(37-18-12-17-35(30-37)36-26-25-32-13-4-5-16-34(32)29-36)53-49(52-47)38-27-28-40-39-19-6-7-20-41(39)50(44(40)31-38)42-21-8-10-23-45(42)54-46-24-11-9-22-43(46)50/h1-31H. The Balaban J connectivity index is 1.12. The molecule has 2 heterocycles. The normalized spacial score (nSPS) is 13.3. The van der Waals surface area contributed by atoms with Crippen molar-refractivity contribution in [1.29, 1.82) is 0 Å². The van der Waals surface area contributed by atoms with Crippen molar-refractivity contribution >= 4 is 22.5 Å². The summed E-state index contributed by atoms with van der Waals surface area (Å²) in [5, 5.41) is 2.44. The maximum Gasteiger partial charge on any atom is 0.164 e. The number of rotatable bonds is 4. The topological polar surface area (TPSA) is 38.7 Å². The molecule has 54 heavy (non-hydrogen) atoms. The monoisotopic (exact) mass is 705 g/mol. The zero-order valence-electron chi connectivity index (χ0n) is 29.1. The van der Waals surface area contributed by atoms with Gasteiger partial charge in [0.25, 0.3) is 0 Å². The van der Waals surface area contributed by atoms with Gasteiger partial charge < -0.3 is 0 Å². The molecule has 0 saturated heterocycles. The van der Waals surface area contributed by atoms with Crippen molar-refractivity contribution in [2.24, 2.45) is 0 Å². The highest BCUT2D eigenvalue weighted by atomic mass is 32.2. The summed E-state index contributed by atoms with van der Waals surface area (Å²) in [4.78, 5) is 18.1. The van der Waals surface area contributed by atoms with Crippen LogP contribution in [-0.2, 0) is 5.41 Å². The van der Waals surface area contributed by atoms with Crippen LogP contribution in [0.2, 0.25) is 0 Å². The van der Waals surface area contributed by atoms with Crippen LogP contribution in [-0.4, -0.2) is 15.0 Å². The average molecular weight is 706 g/mol. The first kappa shape index (κ1) is 31.0. The van der Waals surface area contributed by atoms with E-state index < -0.39 is 5.41 Å². The Bertz CT molecular complexity index is 2890. The summed E-state index contributed by atoms with van der Waals surface area (Å²) in [6.45, 7) is 0. The fourth-order valence-corrected chi connectivity index (χ4v) is 9.74. The molecule has 1 aromatic heterocycles. The second-order valence-corrected chi connectivity index (χ2v) is 15.0. The van der Waals surface area contributed by atoms with Crippen LogP contribution in [0.25, 0.3) is 67.2 Å². The molecule has 2 aliphatic rings. The van der Waals surface area contributed by atoms with E-state index in [1.807, 2.05) is 30.0 Å². The molecule has 0 N–H and O–H groups in total. The summed E-state index contributed by atoms with van der Waals surface area (Å²) >= 11 is 1.86. The molecular weight excluding hydrogens is 675 g/mol. The summed E-state index contributed by atoms with van der Waals surface area (Å²) in [7, 11) is 0. The Labute approximate surface area is 318 Å². The van der Waals surface area contributed by atoms with Crippen LogP contribution in [0.4, 0.5) is 0 Å². The van der Waals surface area contributed by atoms with Crippen LogP contribution < -0.4 is 0 Å². The largest absolute Gasteiger partial charge is 0.208 e. The van der Waals surface area contributed by atoms with Gasteiger partial charge in [-0.3, -0.25) is 0 Å². The molecular formula is C50H31N3S. The summed E-state index contributed by atoms with van der Waals surface area (Å²) in [6, 6.07) is 67.4. The predicted octanol–water partition coefficient (Wildman–Crippen LogP) is 12.5. The molecule has 9 aromatic rings. The van der Waals surface area contributed by atoms with Gasteiger partial charge in [0.05, 0.1) is 5.41 Å². The van der Waals surface area contributed by atoms with E-state index in [2.05, 4.69) is 170 Å². The lowest BCUT2D eigenvalue weighted by Gasteiger charge is -2.39. The van der Waals surface area contributed by atoms with Crippen LogP contribution >= 0.6 is 11.8 Å². The van der Waals surface area contributed by atoms with Gasteiger partial charge in [0.2, 0.25) is 0 Å². The molecule has 0 fully saturated rings. The van der Waals surface area contributed by atoms with Crippen molar-refractivity contribution in [3.05, 3.63) is 210 Å².